The lowest BCUT2D eigenvalue weighted by Crippen LogP contribution is -2.31. The van der Waals surface area contributed by atoms with Crippen LogP contribution in [0.4, 0.5) is 25.0 Å². The number of nitrogens with one attached hydrogen (secondary N) is 2. The van der Waals surface area contributed by atoms with E-state index in [0.29, 0.717) is 6.07 Å². The van der Waals surface area contributed by atoms with Gasteiger partial charge >= 0.3 is 6.03 Å². The number of amides is 2. The van der Waals surface area contributed by atoms with Crippen molar-refractivity contribution in [3.8, 4) is 0 Å². The van der Waals surface area contributed by atoms with Gasteiger partial charge < -0.3 is 16.4 Å². The number of hydrogen-bond acceptors (Lipinski definition) is 2. The number of urea groups is 1. The zero-order valence-corrected chi connectivity index (χ0v) is 11.4. The highest BCUT2D eigenvalue weighted by Crippen LogP contribution is 2.24. The van der Waals surface area contributed by atoms with E-state index in [1.165, 1.54) is 0 Å². The molecule has 2 aromatic rings. The molecule has 0 heterocycles. The molecule has 21 heavy (non-hydrogen) atoms. The van der Waals surface area contributed by atoms with Gasteiger partial charge in [-0.25, -0.2) is 13.6 Å². The van der Waals surface area contributed by atoms with Crippen LogP contribution in [0.5, 0.6) is 0 Å². The minimum Gasteiger partial charge on any atom is -0.397 e. The Kier molecular flexibility index (Phi) is 4.37. The quantitative estimate of drug-likeness (QED) is 0.758. The third-order valence-electron chi connectivity index (χ3n) is 2.97. The van der Waals surface area contributed by atoms with E-state index in [9.17, 15) is 13.6 Å². The molecule has 1 atom stereocenters. The van der Waals surface area contributed by atoms with Gasteiger partial charge in [0.05, 0.1) is 11.7 Å². The predicted molar refractivity (Wildman–Crippen MR) is 77.8 cm³/mol. The number of nitrogen functional groups attached to an aromatic ring is 1. The Labute approximate surface area is 121 Å². The van der Waals surface area contributed by atoms with E-state index >= 15 is 0 Å². The SMILES string of the molecule is CC(NC(=O)Nc1c(N)cc(F)cc1F)c1ccccc1. The summed E-state index contributed by atoms with van der Waals surface area (Å²) in [5, 5.41) is 4.94. The summed E-state index contributed by atoms with van der Waals surface area (Å²) in [6, 6.07) is 10.00. The molecule has 0 aliphatic heterocycles. The highest BCUT2D eigenvalue weighted by molar-refractivity contribution is 5.93. The molecule has 4 N–H and O–H groups in total. The Hall–Kier alpha value is -2.63. The van der Waals surface area contributed by atoms with Gasteiger partial charge in [0.25, 0.3) is 0 Å². The van der Waals surface area contributed by atoms with E-state index in [1.54, 1.807) is 6.92 Å². The smallest absolute Gasteiger partial charge is 0.319 e. The molecule has 2 aromatic carbocycles. The third-order valence-corrected chi connectivity index (χ3v) is 2.97. The molecule has 4 nitrogen and oxygen atoms in total. The van der Waals surface area contributed by atoms with Gasteiger partial charge in [0, 0.05) is 6.07 Å². The summed E-state index contributed by atoms with van der Waals surface area (Å²) in [6.45, 7) is 1.79. The molecule has 1 unspecified atom stereocenters. The molecule has 0 saturated heterocycles. The fourth-order valence-corrected chi connectivity index (χ4v) is 1.90. The van der Waals surface area contributed by atoms with Crippen molar-refractivity contribution in [2.24, 2.45) is 0 Å². The van der Waals surface area contributed by atoms with Gasteiger partial charge in [0.1, 0.15) is 11.5 Å². The summed E-state index contributed by atoms with van der Waals surface area (Å²) in [5.74, 6) is -1.72. The van der Waals surface area contributed by atoms with Crippen LogP contribution in [0.25, 0.3) is 0 Å². The molecule has 0 aromatic heterocycles. The van der Waals surface area contributed by atoms with Crippen LogP contribution in [0.2, 0.25) is 0 Å². The second-order valence-corrected chi connectivity index (χ2v) is 4.58. The lowest BCUT2D eigenvalue weighted by Gasteiger charge is -2.16. The summed E-state index contributed by atoms with van der Waals surface area (Å²) < 4.78 is 26.5. The first kappa shape index (κ1) is 14.8. The first-order valence-corrected chi connectivity index (χ1v) is 6.34. The average Bonchev–Trinajstić information content (AvgIpc) is 2.43. The maximum atomic E-state index is 13.6. The van der Waals surface area contributed by atoms with Gasteiger partial charge in [-0.2, -0.15) is 0 Å². The second-order valence-electron chi connectivity index (χ2n) is 4.58. The van der Waals surface area contributed by atoms with E-state index in [4.69, 9.17) is 5.73 Å². The Morgan fingerprint density at radius 1 is 1.19 bits per heavy atom. The summed E-state index contributed by atoms with van der Waals surface area (Å²) in [7, 11) is 0. The van der Waals surface area contributed by atoms with Crippen molar-refractivity contribution in [1.29, 1.82) is 0 Å². The normalized spacial score (nSPS) is 11.8. The van der Waals surface area contributed by atoms with Crippen LogP contribution >= 0.6 is 0 Å². The van der Waals surface area contributed by atoms with Gasteiger partial charge in [0.15, 0.2) is 5.82 Å². The van der Waals surface area contributed by atoms with Crippen LogP contribution in [-0.4, -0.2) is 6.03 Å². The summed E-state index contributed by atoms with van der Waals surface area (Å²) in [6.07, 6.45) is 0. The maximum Gasteiger partial charge on any atom is 0.319 e. The van der Waals surface area contributed by atoms with Crippen LogP contribution in [0.1, 0.15) is 18.5 Å². The third kappa shape index (κ3) is 3.68. The van der Waals surface area contributed by atoms with Crippen LogP contribution in [0.3, 0.4) is 0 Å². The Morgan fingerprint density at radius 2 is 1.86 bits per heavy atom. The standard InChI is InChI=1S/C15H15F2N3O/c1-9(10-5-3-2-4-6-10)19-15(21)20-14-12(17)7-11(16)8-13(14)18/h2-9H,18H2,1H3,(H2,19,20,21). The van der Waals surface area contributed by atoms with Crippen molar-refractivity contribution in [2.75, 3.05) is 11.1 Å². The van der Waals surface area contributed by atoms with Gasteiger partial charge in [-0.1, -0.05) is 30.3 Å². The van der Waals surface area contributed by atoms with Crippen LogP contribution in [0, 0.1) is 11.6 Å². The van der Waals surface area contributed by atoms with Crippen molar-refractivity contribution in [3.63, 3.8) is 0 Å². The van der Waals surface area contributed by atoms with E-state index in [0.717, 1.165) is 11.6 Å². The molecule has 0 spiro atoms. The van der Waals surface area contributed by atoms with E-state index in [-0.39, 0.29) is 17.4 Å². The first-order chi connectivity index (χ1) is 9.97. The molecule has 0 saturated carbocycles. The van der Waals surface area contributed by atoms with E-state index in [2.05, 4.69) is 10.6 Å². The number of hydrogen-bond donors (Lipinski definition) is 3. The fraction of sp³-hybridized carbons (Fsp3) is 0.133. The van der Waals surface area contributed by atoms with Crippen molar-refractivity contribution in [2.45, 2.75) is 13.0 Å². The Balaban J connectivity index is 2.06. The highest BCUT2D eigenvalue weighted by atomic mass is 19.1. The zero-order valence-electron chi connectivity index (χ0n) is 11.4. The molecule has 2 amide bonds. The maximum absolute atomic E-state index is 13.6. The number of rotatable bonds is 3. The van der Waals surface area contributed by atoms with Crippen LogP contribution < -0.4 is 16.4 Å². The van der Waals surface area contributed by atoms with Crippen LogP contribution in [0.15, 0.2) is 42.5 Å². The fourth-order valence-electron chi connectivity index (χ4n) is 1.90. The van der Waals surface area contributed by atoms with Crippen molar-refractivity contribution < 1.29 is 13.6 Å². The number of benzene rings is 2. The van der Waals surface area contributed by atoms with E-state index in [1.807, 2.05) is 30.3 Å². The Bertz CT molecular complexity index is 624. The lowest BCUT2D eigenvalue weighted by molar-refractivity contribution is 0.249. The largest absolute Gasteiger partial charge is 0.397 e. The molecule has 0 aliphatic carbocycles. The van der Waals surface area contributed by atoms with Crippen molar-refractivity contribution in [3.05, 3.63) is 59.7 Å². The van der Waals surface area contributed by atoms with Gasteiger partial charge in [-0.05, 0) is 18.6 Å². The topological polar surface area (TPSA) is 67.2 Å². The average molecular weight is 291 g/mol. The minimum atomic E-state index is -0.921. The molecule has 0 fully saturated rings. The zero-order chi connectivity index (χ0) is 15.4. The van der Waals surface area contributed by atoms with Crippen LogP contribution in [-0.2, 0) is 0 Å². The predicted octanol–water partition coefficient (Wildman–Crippen LogP) is 3.43. The van der Waals surface area contributed by atoms with Gasteiger partial charge in [-0.15, -0.1) is 0 Å². The number of carbonyl (C=O) groups is 1. The molecule has 0 bridgehead atoms. The lowest BCUT2D eigenvalue weighted by atomic mass is 10.1. The molecule has 2 rings (SSSR count). The summed E-state index contributed by atoms with van der Waals surface area (Å²) in [5.41, 5.74) is 5.98. The molecule has 0 radical (unpaired) electrons. The van der Waals surface area contributed by atoms with Crippen molar-refractivity contribution >= 4 is 17.4 Å². The monoisotopic (exact) mass is 291 g/mol. The first-order valence-electron chi connectivity index (χ1n) is 6.34. The van der Waals surface area contributed by atoms with E-state index < -0.39 is 17.7 Å². The highest BCUT2D eigenvalue weighted by Gasteiger charge is 2.14. The molecular weight excluding hydrogens is 276 g/mol. The van der Waals surface area contributed by atoms with Crippen molar-refractivity contribution in [1.82, 2.24) is 5.32 Å². The number of nitrogens with two attached hydrogens (primary N) is 1. The number of anilines is 2. The molecule has 110 valence electrons. The second kappa shape index (κ2) is 6.21. The molecular formula is C15H15F2N3O. The Morgan fingerprint density at radius 3 is 2.48 bits per heavy atom. The number of halogens is 2. The van der Waals surface area contributed by atoms with Gasteiger partial charge in [-0.3, -0.25) is 0 Å². The number of carbonyl (C=O) groups excluding carboxylic acids is 1. The molecule has 6 heteroatoms. The minimum absolute atomic E-state index is 0.171. The van der Waals surface area contributed by atoms with Gasteiger partial charge in [0.2, 0.25) is 0 Å². The molecule has 0 aliphatic rings. The summed E-state index contributed by atoms with van der Waals surface area (Å²) in [4.78, 5) is 11.8. The summed E-state index contributed by atoms with van der Waals surface area (Å²) >= 11 is 0.